The summed E-state index contributed by atoms with van der Waals surface area (Å²) in [4.78, 5) is 16.3. The predicted molar refractivity (Wildman–Crippen MR) is 81.1 cm³/mol. The van der Waals surface area contributed by atoms with E-state index in [0.717, 1.165) is 11.4 Å². The van der Waals surface area contributed by atoms with Gasteiger partial charge in [0.05, 0.1) is 6.61 Å². The van der Waals surface area contributed by atoms with Gasteiger partial charge in [-0.15, -0.1) is 0 Å². The number of carbonyl (C=O) groups excluding carboxylic acids is 1. The molecule has 0 aliphatic carbocycles. The van der Waals surface area contributed by atoms with E-state index in [4.69, 9.17) is 16.3 Å². The molecule has 1 aromatic heterocycles. The number of ether oxygens (including phenoxy) is 1. The molecule has 0 saturated carbocycles. The van der Waals surface area contributed by atoms with Crippen molar-refractivity contribution >= 4 is 17.5 Å². The summed E-state index contributed by atoms with van der Waals surface area (Å²) in [6, 6.07) is 7.06. The number of aromatic nitrogens is 2. The van der Waals surface area contributed by atoms with Crippen LogP contribution in [0.1, 0.15) is 23.9 Å². The van der Waals surface area contributed by atoms with E-state index in [1.54, 1.807) is 25.4 Å². The lowest BCUT2D eigenvalue weighted by Crippen LogP contribution is -2.31. The van der Waals surface area contributed by atoms with E-state index in [9.17, 15) is 4.79 Å². The molecule has 21 heavy (non-hydrogen) atoms. The van der Waals surface area contributed by atoms with Gasteiger partial charge in [-0.3, -0.25) is 4.79 Å². The minimum Gasteiger partial charge on any atom is -0.384 e. The fraction of sp³-hybridized carbons (Fsp3) is 0.333. The Morgan fingerprint density at radius 3 is 2.71 bits per heavy atom. The molecule has 0 radical (unpaired) electrons. The Bertz CT molecular complexity index is 595. The molecule has 0 aliphatic rings. The van der Waals surface area contributed by atoms with Gasteiger partial charge in [-0.25, -0.2) is 4.98 Å². The molecule has 6 heteroatoms. The van der Waals surface area contributed by atoms with Crippen molar-refractivity contribution < 1.29 is 9.53 Å². The highest BCUT2D eigenvalue weighted by molar-refractivity contribution is 6.30. The molecule has 1 amide bonds. The van der Waals surface area contributed by atoms with Crippen LogP contribution in [0.3, 0.4) is 0 Å². The highest BCUT2D eigenvalue weighted by atomic mass is 35.5. The van der Waals surface area contributed by atoms with Crippen molar-refractivity contribution in [3.05, 3.63) is 53.1 Å². The molecule has 1 aromatic carbocycles. The standard InChI is InChI=1S/C15H18ClN3O2/c1-19-9-8-17-15(19)14(18-13(20)7-10-21-2)11-3-5-12(16)6-4-11/h3-6,8-9,14H,7,10H2,1-2H3,(H,18,20). The first kappa shape index (κ1) is 15.5. The zero-order chi connectivity index (χ0) is 15.2. The van der Waals surface area contributed by atoms with Crippen LogP contribution in [0.5, 0.6) is 0 Å². The lowest BCUT2D eigenvalue weighted by molar-refractivity contribution is -0.122. The van der Waals surface area contributed by atoms with Gasteiger partial charge in [-0.2, -0.15) is 0 Å². The molecule has 0 aliphatic heterocycles. The summed E-state index contributed by atoms with van der Waals surface area (Å²) in [5.41, 5.74) is 0.930. The van der Waals surface area contributed by atoms with Gasteiger partial charge in [-0.05, 0) is 17.7 Å². The lowest BCUT2D eigenvalue weighted by Gasteiger charge is -2.19. The quantitative estimate of drug-likeness (QED) is 0.891. The van der Waals surface area contributed by atoms with Gasteiger partial charge < -0.3 is 14.6 Å². The first-order chi connectivity index (χ1) is 10.1. The summed E-state index contributed by atoms with van der Waals surface area (Å²) in [6.45, 7) is 0.389. The zero-order valence-electron chi connectivity index (χ0n) is 12.0. The second-order valence-corrected chi connectivity index (χ2v) is 5.13. The minimum atomic E-state index is -0.313. The summed E-state index contributed by atoms with van der Waals surface area (Å²) in [5.74, 6) is 0.683. The van der Waals surface area contributed by atoms with Crippen LogP contribution in [0, 0.1) is 0 Å². The molecule has 1 heterocycles. The fourth-order valence-electron chi connectivity index (χ4n) is 2.04. The summed E-state index contributed by atoms with van der Waals surface area (Å²) < 4.78 is 6.82. The van der Waals surface area contributed by atoms with Crippen LogP contribution in [-0.4, -0.2) is 29.2 Å². The van der Waals surface area contributed by atoms with Crippen molar-refractivity contribution in [2.24, 2.45) is 7.05 Å². The highest BCUT2D eigenvalue weighted by Gasteiger charge is 2.20. The molecular weight excluding hydrogens is 290 g/mol. The summed E-state index contributed by atoms with van der Waals surface area (Å²) >= 11 is 5.92. The third kappa shape index (κ3) is 4.06. The number of methoxy groups -OCH3 is 1. The van der Waals surface area contributed by atoms with Crippen LogP contribution < -0.4 is 5.32 Å². The largest absolute Gasteiger partial charge is 0.384 e. The Morgan fingerprint density at radius 1 is 1.43 bits per heavy atom. The fourth-order valence-corrected chi connectivity index (χ4v) is 2.16. The first-order valence-electron chi connectivity index (χ1n) is 6.63. The highest BCUT2D eigenvalue weighted by Crippen LogP contribution is 2.22. The van der Waals surface area contributed by atoms with E-state index in [-0.39, 0.29) is 11.9 Å². The number of imidazole rings is 1. The van der Waals surface area contributed by atoms with Crippen molar-refractivity contribution in [3.63, 3.8) is 0 Å². The summed E-state index contributed by atoms with van der Waals surface area (Å²) in [5, 5.41) is 3.64. The van der Waals surface area contributed by atoms with E-state index < -0.39 is 0 Å². The first-order valence-corrected chi connectivity index (χ1v) is 7.00. The van der Waals surface area contributed by atoms with Crippen molar-refractivity contribution in [3.8, 4) is 0 Å². The molecule has 1 N–H and O–H groups in total. The zero-order valence-corrected chi connectivity index (χ0v) is 12.8. The van der Waals surface area contributed by atoms with Gasteiger partial charge in [-0.1, -0.05) is 23.7 Å². The molecule has 2 aromatic rings. The molecule has 1 atom stereocenters. The maximum Gasteiger partial charge on any atom is 0.223 e. The molecule has 0 spiro atoms. The molecule has 2 rings (SSSR count). The van der Waals surface area contributed by atoms with E-state index >= 15 is 0 Å². The number of rotatable bonds is 6. The average Bonchev–Trinajstić information content (AvgIpc) is 2.89. The SMILES string of the molecule is COCCC(=O)NC(c1ccc(Cl)cc1)c1nccn1C. The number of carbonyl (C=O) groups is 1. The second-order valence-electron chi connectivity index (χ2n) is 4.69. The Labute approximate surface area is 128 Å². The van der Waals surface area contributed by atoms with Crippen LogP contribution in [0.2, 0.25) is 5.02 Å². The Kier molecular flexibility index (Phi) is 5.36. The van der Waals surface area contributed by atoms with Gasteiger partial charge in [0.15, 0.2) is 0 Å². The molecule has 112 valence electrons. The molecule has 5 nitrogen and oxygen atoms in total. The number of nitrogens with one attached hydrogen (secondary N) is 1. The van der Waals surface area contributed by atoms with Gasteiger partial charge in [0.1, 0.15) is 11.9 Å². The van der Waals surface area contributed by atoms with Crippen molar-refractivity contribution in [1.29, 1.82) is 0 Å². The third-order valence-electron chi connectivity index (χ3n) is 3.16. The average molecular weight is 308 g/mol. The Hall–Kier alpha value is -1.85. The molecular formula is C15H18ClN3O2. The van der Waals surface area contributed by atoms with Crippen molar-refractivity contribution in [1.82, 2.24) is 14.9 Å². The maximum absolute atomic E-state index is 12.0. The van der Waals surface area contributed by atoms with Crippen LogP contribution >= 0.6 is 11.6 Å². The van der Waals surface area contributed by atoms with Gasteiger partial charge in [0.2, 0.25) is 5.91 Å². The minimum absolute atomic E-state index is 0.0835. The maximum atomic E-state index is 12.0. The molecule has 0 saturated heterocycles. The smallest absolute Gasteiger partial charge is 0.223 e. The molecule has 0 bridgehead atoms. The Morgan fingerprint density at radius 2 is 2.14 bits per heavy atom. The molecule has 1 unspecified atom stereocenters. The summed E-state index contributed by atoms with van der Waals surface area (Å²) in [6.07, 6.45) is 3.87. The van der Waals surface area contributed by atoms with E-state index in [1.165, 1.54) is 0 Å². The number of benzene rings is 1. The van der Waals surface area contributed by atoms with Gasteiger partial charge >= 0.3 is 0 Å². The normalized spacial score (nSPS) is 12.1. The third-order valence-corrected chi connectivity index (χ3v) is 3.41. The number of hydrogen-bond donors (Lipinski definition) is 1. The van der Waals surface area contributed by atoms with Crippen LogP contribution in [-0.2, 0) is 16.6 Å². The van der Waals surface area contributed by atoms with Crippen molar-refractivity contribution in [2.45, 2.75) is 12.5 Å². The number of aryl methyl sites for hydroxylation is 1. The van der Waals surface area contributed by atoms with E-state index in [1.807, 2.05) is 29.9 Å². The number of halogens is 1. The molecule has 0 fully saturated rings. The predicted octanol–water partition coefficient (Wildman–Crippen LogP) is 2.32. The van der Waals surface area contributed by atoms with Gasteiger partial charge in [0.25, 0.3) is 0 Å². The summed E-state index contributed by atoms with van der Waals surface area (Å²) in [7, 11) is 3.47. The van der Waals surface area contributed by atoms with E-state index in [0.29, 0.717) is 18.1 Å². The monoisotopic (exact) mass is 307 g/mol. The van der Waals surface area contributed by atoms with E-state index in [2.05, 4.69) is 10.3 Å². The lowest BCUT2D eigenvalue weighted by atomic mass is 10.1. The number of hydrogen-bond acceptors (Lipinski definition) is 3. The van der Waals surface area contributed by atoms with Crippen LogP contribution in [0.25, 0.3) is 0 Å². The Balaban J connectivity index is 2.25. The number of nitrogens with zero attached hydrogens (tertiary/aromatic N) is 2. The topological polar surface area (TPSA) is 56.1 Å². The van der Waals surface area contributed by atoms with Gasteiger partial charge in [0, 0.05) is 38.0 Å². The van der Waals surface area contributed by atoms with Crippen molar-refractivity contribution in [2.75, 3.05) is 13.7 Å². The van der Waals surface area contributed by atoms with Crippen LogP contribution in [0.15, 0.2) is 36.7 Å². The second kappa shape index (κ2) is 7.24. The van der Waals surface area contributed by atoms with Crippen LogP contribution in [0.4, 0.5) is 0 Å². The number of amides is 1.